The van der Waals surface area contributed by atoms with Gasteiger partial charge in [-0.15, -0.1) is 0 Å². The van der Waals surface area contributed by atoms with E-state index in [0.29, 0.717) is 0 Å². The summed E-state index contributed by atoms with van der Waals surface area (Å²) >= 11 is 0. The van der Waals surface area contributed by atoms with Crippen LogP contribution in [0.4, 0.5) is 0 Å². The second kappa shape index (κ2) is 5.41. The maximum atomic E-state index is 11.9. The largest absolute Gasteiger partial charge is 0.433 e. The zero-order chi connectivity index (χ0) is 14.0. The normalized spacial score (nSPS) is 30.8. The van der Waals surface area contributed by atoms with Gasteiger partial charge < -0.3 is 14.6 Å². The fourth-order valence-electron chi connectivity index (χ4n) is 1.63. The molecule has 0 aliphatic carbocycles. The lowest BCUT2D eigenvalue weighted by atomic mass is 9.95. The number of unbranched alkanes of at least 4 members (excludes halogenated alkanes) is 1. The van der Waals surface area contributed by atoms with E-state index in [-0.39, 0.29) is 5.41 Å². The average molecular weight is 256 g/mol. The molecule has 1 unspecified atom stereocenters. The summed E-state index contributed by atoms with van der Waals surface area (Å²) in [4.78, 5) is 11.9. The van der Waals surface area contributed by atoms with Crippen molar-refractivity contribution in [3.63, 3.8) is 0 Å². The van der Waals surface area contributed by atoms with Crippen LogP contribution in [0.1, 0.15) is 47.5 Å². The maximum absolute atomic E-state index is 11.9. The van der Waals surface area contributed by atoms with Crippen LogP contribution in [0.5, 0.6) is 0 Å². The highest BCUT2D eigenvalue weighted by Gasteiger charge is 2.53. The Morgan fingerprint density at radius 1 is 1.50 bits per heavy atom. The van der Waals surface area contributed by atoms with Crippen molar-refractivity contribution in [1.82, 2.24) is 0 Å². The number of rotatable bonds is 4. The first-order chi connectivity index (χ1) is 8.21. The van der Waals surface area contributed by atoms with Crippen LogP contribution in [-0.2, 0) is 14.3 Å². The molecule has 3 atom stereocenters. The molecule has 4 heteroatoms. The monoisotopic (exact) mass is 256 g/mol. The van der Waals surface area contributed by atoms with Gasteiger partial charge in [0.15, 0.2) is 5.60 Å². The Kier molecular flexibility index (Phi) is 4.56. The fraction of sp³-hybridized carbons (Fsp3) is 0.786. The van der Waals surface area contributed by atoms with Crippen LogP contribution in [-0.4, -0.2) is 29.1 Å². The molecule has 0 saturated carbocycles. The number of aliphatic hydroxyl groups excluding tert-OH is 1. The summed E-state index contributed by atoms with van der Waals surface area (Å²) in [7, 11) is 0. The summed E-state index contributed by atoms with van der Waals surface area (Å²) in [5.74, 6) is -0.504. The molecule has 0 aromatic carbocycles. The first-order valence-electron chi connectivity index (χ1n) is 6.45. The molecule has 0 bridgehead atoms. The van der Waals surface area contributed by atoms with Gasteiger partial charge in [0, 0.05) is 5.41 Å². The predicted octanol–water partition coefficient (Wildman–Crippen LogP) is 2.41. The zero-order valence-corrected chi connectivity index (χ0v) is 11.9. The van der Waals surface area contributed by atoms with Crippen LogP contribution in [0.3, 0.4) is 0 Å². The minimum atomic E-state index is -1.30. The van der Waals surface area contributed by atoms with E-state index in [1.165, 1.54) is 0 Å². The molecule has 0 amide bonds. The van der Waals surface area contributed by atoms with Crippen molar-refractivity contribution >= 4 is 5.97 Å². The van der Waals surface area contributed by atoms with Crippen LogP contribution >= 0.6 is 0 Å². The Morgan fingerprint density at radius 2 is 2.11 bits per heavy atom. The van der Waals surface area contributed by atoms with Crippen molar-refractivity contribution in [1.29, 1.82) is 0 Å². The van der Waals surface area contributed by atoms with Crippen LogP contribution in [0, 0.1) is 5.41 Å². The summed E-state index contributed by atoms with van der Waals surface area (Å²) in [6.07, 6.45) is 3.72. The number of carbonyl (C=O) groups excluding carboxylic acids is 1. The average Bonchev–Trinajstić information content (AvgIpc) is 2.56. The van der Waals surface area contributed by atoms with Gasteiger partial charge in [-0.25, -0.2) is 4.79 Å². The third-order valence-electron chi connectivity index (χ3n) is 3.02. The molecule has 1 saturated heterocycles. The van der Waals surface area contributed by atoms with Crippen LogP contribution < -0.4 is 0 Å². The molecule has 1 heterocycles. The summed E-state index contributed by atoms with van der Waals surface area (Å²) in [6.45, 7) is 9.40. The van der Waals surface area contributed by atoms with Crippen LogP contribution in [0.2, 0.25) is 0 Å². The van der Waals surface area contributed by atoms with Crippen molar-refractivity contribution in [2.75, 3.05) is 0 Å². The van der Waals surface area contributed by atoms with Gasteiger partial charge in [-0.1, -0.05) is 46.3 Å². The molecular weight excluding hydrogens is 232 g/mol. The van der Waals surface area contributed by atoms with E-state index in [2.05, 4.69) is 6.92 Å². The van der Waals surface area contributed by atoms with Gasteiger partial charge in [0.25, 0.3) is 0 Å². The summed E-state index contributed by atoms with van der Waals surface area (Å²) in [5.41, 5.74) is -1.61. The Morgan fingerprint density at radius 3 is 2.56 bits per heavy atom. The number of esters is 1. The second-order valence-electron chi connectivity index (χ2n) is 5.99. The highest BCUT2D eigenvalue weighted by molar-refractivity contribution is 5.82. The van der Waals surface area contributed by atoms with Gasteiger partial charge >= 0.3 is 5.97 Å². The lowest BCUT2D eigenvalue weighted by Crippen LogP contribution is -2.44. The Bertz CT molecular complexity index is 329. The van der Waals surface area contributed by atoms with Gasteiger partial charge in [-0.05, 0) is 13.3 Å². The van der Waals surface area contributed by atoms with Gasteiger partial charge in [0.05, 0.1) is 0 Å². The van der Waals surface area contributed by atoms with Crippen molar-refractivity contribution < 1.29 is 19.4 Å². The minimum Gasteiger partial charge on any atom is -0.433 e. The molecule has 1 rings (SSSR count). The minimum absolute atomic E-state index is 0.305. The lowest BCUT2D eigenvalue weighted by Gasteiger charge is -2.27. The highest BCUT2D eigenvalue weighted by atomic mass is 16.8. The SMILES string of the molecule is CCC/C=C/C(O)[C@]1(C)O[C@@H](C(C)(C)C)OC1=O. The number of hydrogen-bond acceptors (Lipinski definition) is 4. The molecule has 1 N–H and O–H groups in total. The Labute approximate surface area is 109 Å². The van der Waals surface area contributed by atoms with E-state index < -0.39 is 24.0 Å². The molecule has 0 spiro atoms. The molecule has 0 radical (unpaired) electrons. The number of allylic oxidation sites excluding steroid dienone is 1. The summed E-state index contributed by atoms with van der Waals surface area (Å²) < 4.78 is 10.9. The third kappa shape index (κ3) is 3.12. The van der Waals surface area contributed by atoms with Crippen LogP contribution in [0.25, 0.3) is 0 Å². The molecule has 0 aromatic rings. The topological polar surface area (TPSA) is 55.8 Å². The second-order valence-corrected chi connectivity index (χ2v) is 5.99. The lowest BCUT2D eigenvalue weighted by molar-refractivity contribution is -0.160. The maximum Gasteiger partial charge on any atom is 0.343 e. The summed E-state index contributed by atoms with van der Waals surface area (Å²) in [5, 5.41) is 10.1. The van der Waals surface area contributed by atoms with E-state index in [0.717, 1.165) is 12.8 Å². The van der Waals surface area contributed by atoms with E-state index in [9.17, 15) is 9.90 Å². The van der Waals surface area contributed by atoms with Gasteiger partial charge in [0.1, 0.15) is 6.10 Å². The summed E-state index contributed by atoms with van der Waals surface area (Å²) in [6, 6.07) is 0. The van der Waals surface area contributed by atoms with Gasteiger partial charge in [0.2, 0.25) is 6.29 Å². The quantitative estimate of drug-likeness (QED) is 0.620. The van der Waals surface area contributed by atoms with Crippen LogP contribution in [0.15, 0.2) is 12.2 Å². The van der Waals surface area contributed by atoms with Gasteiger partial charge in [-0.2, -0.15) is 0 Å². The Balaban J connectivity index is 2.78. The van der Waals surface area contributed by atoms with E-state index in [1.54, 1.807) is 13.0 Å². The van der Waals surface area contributed by atoms with Crippen molar-refractivity contribution in [3.05, 3.63) is 12.2 Å². The molecule has 0 aromatic heterocycles. The van der Waals surface area contributed by atoms with Crippen molar-refractivity contribution in [2.24, 2.45) is 5.41 Å². The third-order valence-corrected chi connectivity index (χ3v) is 3.02. The highest BCUT2D eigenvalue weighted by Crippen LogP contribution is 2.36. The van der Waals surface area contributed by atoms with E-state index >= 15 is 0 Å². The molecule has 1 fully saturated rings. The number of carbonyl (C=O) groups is 1. The molecule has 4 nitrogen and oxygen atoms in total. The Hall–Kier alpha value is -0.870. The number of hydrogen-bond donors (Lipinski definition) is 1. The van der Waals surface area contributed by atoms with Crippen molar-refractivity contribution in [2.45, 2.75) is 65.5 Å². The number of cyclic esters (lactones) is 1. The zero-order valence-electron chi connectivity index (χ0n) is 11.9. The van der Waals surface area contributed by atoms with Crippen molar-refractivity contribution in [3.8, 4) is 0 Å². The predicted molar refractivity (Wildman–Crippen MR) is 68.9 cm³/mol. The molecular formula is C14H24O4. The van der Waals surface area contributed by atoms with Gasteiger partial charge in [-0.3, -0.25) is 0 Å². The first kappa shape index (κ1) is 15.2. The molecule has 18 heavy (non-hydrogen) atoms. The smallest absolute Gasteiger partial charge is 0.343 e. The number of aliphatic hydroxyl groups is 1. The number of ether oxygens (including phenoxy) is 2. The van der Waals surface area contributed by atoms with E-state index in [1.807, 2.05) is 26.8 Å². The molecule has 1 aliphatic heterocycles. The molecule has 1 aliphatic rings. The standard InChI is InChI=1S/C14H24O4/c1-6-7-8-9-10(15)14(5)11(16)17-12(18-14)13(2,3)4/h8-10,12,15H,6-7H2,1-5H3/b9-8+/t10?,12-,14-/m0/s1. The van der Waals surface area contributed by atoms with E-state index in [4.69, 9.17) is 9.47 Å². The fourth-order valence-corrected chi connectivity index (χ4v) is 1.63. The molecule has 104 valence electrons. The first-order valence-corrected chi connectivity index (χ1v) is 6.45.